The number of benzene rings is 1. The fourth-order valence-corrected chi connectivity index (χ4v) is 3.98. The van der Waals surface area contributed by atoms with E-state index in [1.165, 1.54) is 25.7 Å². The lowest BCUT2D eigenvalue weighted by Gasteiger charge is -2.30. The van der Waals surface area contributed by atoms with Crippen molar-refractivity contribution in [1.29, 1.82) is 0 Å². The van der Waals surface area contributed by atoms with Crippen LogP contribution in [0.25, 0.3) is 11.1 Å². The lowest BCUT2D eigenvalue weighted by molar-refractivity contribution is 0.215. The number of nitrogens with one attached hydrogen (secondary N) is 1. The van der Waals surface area contributed by atoms with E-state index in [9.17, 15) is 4.39 Å². The first-order valence-electron chi connectivity index (χ1n) is 12.5. The Balaban J connectivity index is 0.000000419. The lowest BCUT2D eigenvalue weighted by atomic mass is 9.76. The number of rotatable bonds is 6. The minimum absolute atomic E-state index is 0.153. The molecule has 1 aromatic carbocycles. The summed E-state index contributed by atoms with van der Waals surface area (Å²) in [5.41, 5.74) is 11.9. The van der Waals surface area contributed by atoms with Crippen LogP contribution in [0.4, 0.5) is 10.1 Å². The van der Waals surface area contributed by atoms with Gasteiger partial charge in [-0.2, -0.15) is 0 Å². The number of nitrogens with zero attached hydrogens (tertiary/aromatic N) is 1. The molecule has 0 aliphatic heterocycles. The third-order valence-corrected chi connectivity index (χ3v) is 6.95. The van der Waals surface area contributed by atoms with Crippen molar-refractivity contribution >= 4 is 28.4 Å². The highest BCUT2D eigenvalue weighted by Gasteiger charge is 2.21. The Bertz CT molecular complexity index is 994. The van der Waals surface area contributed by atoms with Crippen molar-refractivity contribution in [1.82, 2.24) is 4.98 Å². The molecular formula is C30H43ClFN3. The van der Waals surface area contributed by atoms with E-state index in [-0.39, 0.29) is 6.54 Å². The van der Waals surface area contributed by atoms with Gasteiger partial charge in [-0.1, -0.05) is 63.1 Å². The van der Waals surface area contributed by atoms with Crippen LogP contribution in [-0.4, -0.2) is 25.3 Å². The number of hydrogen-bond acceptors (Lipinski definition) is 3. The molecule has 3 rings (SSSR count). The Morgan fingerprint density at radius 2 is 1.91 bits per heavy atom. The van der Waals surface area contributed by atoms with E-state index in [0.717, 1.165) is 56.1 Å². The monoisotopic (exact) mass is 499 g/mol. The van der Waals surface area contributed by atoms with Crippen LogP contribution < -0.4 is 11.1 Å². The lowest BCUT2D eigenvalue weighted by Crippen LogP contribution is -2.18. The van der Waals surface area contributed by atoms with Gasteiger partial charge in [0.2, 0.25) is 0 Å². The fourth-order valence-electron chi connectivity index (χ4n) is 3.82. The van der Waals surface area contributed by atoms with Crippen molar-refractivity contribution in [2.45, 2.75) is 67.2 Å². The molecule has 1 aliphatic rings. The van der Waals surface area contributed by atoms with E-state index in [2.05, 4.69) is 54.7 Å². The predicted molar refractivity (Wildman–Crippen MR) is 152 cm³/mol. The van der Waals surface area contributed by atoms with Gasteiger partial charge in [-0.15, -0.1) is 5.92 Å². The number of nitrogens with two attached hydrogens (primary N) is 1. The summed E-state index contributed by atoms with van der Waals surface area (Å²) in [4.78, 5) is 4.53. The molecule has 0 saturated heterocycles. The van der Waals surface area contributed by atoms with Gasteiger partial charge in [-0.05, 0) is 80.0 Å². The maximum absolute atomic E-state index is 10.6. The molecule has 5 heteroatoms. The summed E-state index contributed by atoms with van der Waals surface area (Å²) < 4.78 is 10.6. The van der Waals surface area contributed by atoms with Crippen LogP contribution in [0.3, 0.4) is 0 Å². The molecule has 1 fully saturated rings. The van der Waals surface area contributed by atoms with Crippen molar-refractivity contribution in [3.05, 3.63) is 57.9 Å². The minimum atomic E-state index is -0.403. The number of hydrogen-bond donors (Lipinski definition) is 2. The second-order valence-electron chi connectivity index (χ2n) is 9.03. The summed E-state index contributed by atoms with van der Waals surface area (Å²) >= 11 is 6.33. The Morgan fingerprint density at radius 3 is 2.31 bits per heavy atom. The summed E-state index contributed by atoms with van der Waals surface area (Å²) in [5.74, 6) is 8.34. The van der Waals surface area contributed by atoms with Crippen LogP contribution in [0.1, 0.15) is 75.8 Å². The quantitative estimate of drug-likeness (QED) is 0.395. The molecule has 1 saturated carbocycles. The van der Waals surface area contributed by atoms with Gasteiger partial charge in [0.1, 0.15) is 6.67 Å². The Labute approximate surface area is 217 Å². The Morgan fingerprint density at radius 1 is 1.26 bits per heavy atom. The average molecular weight is 500 g/mol. The zero-order valence-corrected chi connectivity index (χ0v) is 23.3. The van der Waals surface area contributed by atoms with E-state index in [1.807, 2.05) is 52.2 Å². The average Bonchev–Trinajstić information content (AvgIpc) is 2.84. The molecule has 1 heterocycles. The smallest absolute Gasteiger partial charge is 0.102 e. The molecular weight excluding hydrogens is 457 g/mol. The van der Waals surface area contributed by atoms with Crippen molar-refractivity contribution < 1.29 is 4.39 Å². The van der Waals surface area contributed by atoms with Crippen LogP contribution in [0.15, 0.2) is 30.5 Å². The second kappa shape index (κ2) is 16.3. The standard InChI is InChI=1S/C20H21ClN2.C8H16.C2H6FN/c1-6-7-17(18-11-19(21)14(3)10-13(18)2)15(4)20-9-8-16(22-5)12-23-20;1-3-7(2)8-5-4-6-8;3-1-2-4/h8-12,22H,1-5H3;7-8H,3-6H2,1-2H3;1-2,4H2/b17-15+;;. The molecule has 0 spiro atoms. The van der Waals surface area contributed by atoms with Crippen molar-refractivity contribution in [2.75, 3.05) is 25.6 Å². The van der Waals surface area contributed by atoms with E-state index in [0.29, 0.717) is 0 Å². The van der Waals surface area contributed by atoms with Gasteiger partial charge in [0.05, 0.1) is 17.6 Å². The largest absolute Gasteiger partial charge is 0.387 e. The zero-order valence-electron chi connectivity index (χ0n) is 22.6. The van der Waals surface area contributed by atoms with Gasteiger partial charge < -0.3 is 11.1 Å². The van der Waals surface area contributed by atoms with E-state index < -0.39 is 6.67 Å². The third kappa shape index (κ3) is 9.67. The maximum atomic E-state index is 10.6. The minimum Gasteiger partial charge on any atom is -0.387 e. The van der Waals surface area contributed by atoms with E-state index in [1.54, 1.807) is 0 Å². The molecule has 0 amide bonds. The summed E-state index contributed by atoms with van der Waals surface area (Å²) in [7, 11) is 1.88. The highest BCUT2D eigenvalue weighted by Crippen LogP contribution is 2.34. The van der Waals surface area contributed by atoms with Gasteiger partial charge in [-0.25, -0.2) is 4.39 Å². The number of pyridine rings is 1. The first kappa shape index (κ1) is 30.7. The second-order valence-corrected chi connectivity index (χ2v) is 9.43. The molecule has 1 aromatic heterocycles. The van der Waals surface area contributed by atoms with Crippen LogP contribution in [0.5, 0.6) is 0 Å². The molecule has 3 N–H and O–H groups in total. The van der Waals surface area contributed by atoms with E-state index in [4.69, 9.17) is 11.6 Å². The number of allylic oxidation sites excluding steroid dienone is 2. The number of aryl methyl sites for hydroxylation is 2. The normalized spacial score (nSPS) is 14.0. The zero-order chi connectivity index (χ0) is 26.4. The summed E-state index contributed by atoms with van der Waals surface area (Å²) in [6.07, 6.45) is 7.72. The van der Waals surface area contributed by atoms with Crippen molar-refractivity contribution in [3.63, 3.8) is 0 Å². The summed E-state index contributed by atoms with van der Waals surface area (Å²) in [6, 6.07) is 8.11. The molecule has 35 heavy (non-hydrogen) atoms. The Hall–Kier alpha value is -2.35. The highest BCUT2D eigenvalue weighted by atomic mass is 35.5. The third-order valence-electron chi connectivity index (χ3n) is 6.54. The number of anilines is 1. The molecule has 1 unspecified atom stereocenters. The molecule has 2 aromatic rings. The van der Waals surface area contributed by atoms with Crippen molar-refractivity contribution in [2.24, 2.45) is 17.6 Å². The summed E-state index contributed by atoms with van der Waals surface area (Å²) in [6.45, 7) is 12.4. The Kier molecular flexibility index (Phi) is 14.3. The van der Waals surface area contributed by atoms with E-state index >= 15 is 0 Å². The van der Waals surface area contributed by atoms with Gasteiger partial charge in [0, 0.05) is 24.2 Å². The molecule has 0 bridgehead atoms. The molecule has 1 atom stereocenters. The maximum Gasteiger partial charge on any atom is 0.102 e. The van der Waals surface area contributed by atoms with Crippen LogP contribution >= 0.6 is 11.6 Å². The van der Waals surface area contributed by atoms with Crippen LogP contribution in [-0.2, 0) is 0 Å². The van der Waals surface area contributed by atoms with Gasteiger partial charge >= 0.3 is 0 Å². The first-order chi connectivity index (χ1) is 16.7. The van der Waals surface area contributed by atoms with Crippen LogP contribution in [0.2, 0.25) is 5.02 Å². The topological polar surface area (TPSA) is 50.9 Å². The summed E-state index contributed by atoms with van der Waals surface area (Å²) in [5, 5.41) is 3.83. The molecule has 0 radical (unpaired) electrons. The van der Waals surface area contributed by atoms with Gasteiger partial charge in [-0.3, -0.25) is 4.98 Å². The SMILES string of the molecule is CC#C/C(=C(/C)c1ccc(NC)cn1)c1cc(Cl)c(C)cc1C.CCC(C)C1CCC1.NCCF. The molecule has 1 aliphatic carbocycles. The number of halogens is 2. The first-order valence-corrected chi connectivity index (χ1v) is 12.9. The number of alkyl halides is 1. The van der Waals surface area contributed by atoms with Crippen LogP contribution in [0, 0.1) is 37.5 Å². The van der Waals surface area contributed by atoms with Gasteiger partial charge in [0.25, 0.3) is 0 Å². The number of aromatic nitrogens is 1. The highest BCUT2D eigenvalue weighted by molar-refractivity contribution is 6.31. The fraction of sp³-hybridized carbons (Fsp3) is 0.500. The predicted octanol–water partition coefficient (Wildman–Crippen LogP) is 8.09. The van der Waals surface area contributed by atoms with Gasteiger partial charge in [0.15, 0.2) is 0 Å². The molecule has 192 valence electrons. The molecule has 3 nitrogen and oxygen atoms in total. The van der Waals surface area contributed by atoms with Crippen molar-refractivity contribution in [3.8, 4) is 11.8 Å².